The maximum absolute atomic E-state index is 13.0. The van der Waals surface area contributed by atoms with Gasteiger partial charge in [0.25, 0.3) is 0 Å². The van der Waals surface area contributed by atoms with E-state index < -0.39 is 0 Å². The zero-order valence-electron chi connectivity index (χ0n) is 6.98. The van der Waals surface area contributed by atoms with Crippen LogP contribution >= 0.6 is 15.9 Å². The zero-order valence-corrected chi connectivity index (χ0v) is 8.57. The van der Waals surface area contributed by atoms with E-state index >= 15 is 0 Å². The van der Waals surface area contributed by atoms with Gasteiger partial charge in [-0.15, -0.1) is 0 Å². The molecule has 2 nitrogen and oxygen atoms in total. The van der Waals surface area contributed by atoms with Gasteiger partial charge >= 0.3 is 0 Å². The van der Waals surface area contributed by atoms with Crippen molar-refractivity contribution < 1.29 is 4.39 Å². The minimum atomic E-state index is -0.384. The van der Waals surface area contributed by atoms with Crippen LogP contribution in [-0.2, 0) is 5.54 Å². The average Bonchev–Trinajstić information content (AvgIpc) is 1.98. The highest BCUT2D eigenvalue weighted by Crippen LogP contribution is 2.26. The molecule has 0 radical (unpaired) electrons. The molecule has 4 heteroatoms. The van der Waals surface area contributed by atoms with Crippen molar-refractivity contribution >= 4 is 15.9 Å². The molecule has 0 aliphatic carbocycles. The van der Waals surface area contributed by atoms with E-state index in [9.17, 15) is 4.39 Å². The molecule has 1 heterocycles. The van der Waals surface area contributed by atoms with Crippen LogP contribution in [-0.4, -0.2) is 13.1 Å². The maximum Gasteiger partial charge on any atom is 0.124 e. The molecule has 1 aliphatic heterocycles. The maximum atomic E-state index is 13.0. The molecular weight excluding hydrogens is 235 g/mol. The molecule has 70 valence electrons. The van der Waals surface area contributed by atoms with Gasteiger partial charge in [-0.25, -0.2) is 4.39 Å². The minimum Gasteiger partial charge on any atom is -0.319 e. The SMILES string of the molecule is NC1(c2cc(F)cc(Br)c2)CNC1. The highest BCUT2D eigenvalue weighted by Gasteiger charge is 2.34. The van der Waals surface area contributed by atoms with Gasteiger partial charge in [-0.3, -0.25) is 0 Å². The number of halogens is 2. The summed E-state index contributed by atoms with van der Waals surface area (Å²) in [5.74, 6) is -0.249. The third kappa shape index (κ3) is 1.61. The first kappa shape index (κ1) is 9.12. The van der Waals surface area contributed by atoms with Crippen molar-refractivity contribution in [3.8, 4) is 0 Å². The highest BCUT2D eigenvalue weighted by molar-refractivity contribution is 9.10. The Hall–Kier alpha value is -0.450. The molecule has 2 rings (SSSR count). The molecule has 0 unspecified atom stereocenters. The molecule has 0 aromatic heterocycles. The third-order valence-corrected chi connectivity index (χ3v) is 2.78. The van der Waals surface area contributed by atoms with Crippen molar-refractivity contribution in [2.24, 2.45) is 5.73 Å². The van der Waals surface area contributed by atoms with Gasteiger partial charge in [0.1, 0.15) is 5.82 Å². The Balaban J connectivity index is 2.39. The van der Waals surface area contributed by atoms with Crippen molar-refractivity contribution in [3.05, 3.63) is 34.1 Å². The minimum absolute atomic E-state index is 0.249. The molecule has 0 amide bonds. The lowest BCUT2D eigenvalue weighted by molar-refractivity contribution is 0.286. The number of hydrogen-bond acceptors (Lipinski definition) is 2. The fourth-order valence-electron chi connectivity index (χ4n) is 1.44. The summed E-state index contributed by atoms with van der Waals surface area (Å²) in [7, 11) is 0. The van der Waals surface area contributed by atoms with Crippen LogP contribution in [0.4, 0.5) is 4.39 Å². The van der Waals surface area contributed by atoms with E-state index in [0.29, 0.717) is 13.1 Å². The van der Waals surface area contributed by atoms with Gasteiger partial charge in [-0.1, -0.05) is 15.9 Å². The van der Waals surface area contributed by atoms with Crippen LogP contribution < -0.4 is 11.1 Å². The Bertz CT molecular complexity index is 316. The smallest absolute Gasteiger partial charge is 0.124 e. The zero-order chi connectivity index (χ0) is 9.47. The second-order valence-electron chi connectivity index (χ2n) is 3.42. The summed E-state index contributed by atoms with van der Waals surface area (Å²) in [6.45, 7) is 1.42. The number of rotatable bonds is 1. The molecule has 1 fully saturated rings. The first-order valence-electron chi connectivity index (χ1n) is 4.06. The molecule has 0 atom stereocenters. The van der Waals surface area contributed by atoms with Crippen molar-refractivity contribution in [1.82, 2.24) is 5.32 Å². The average molecular weight is 245 g/mol. The molecule has 0 bridgehead atoms. The second kappa shape index (κ2) is 3.04. The van der Waals surface area contributed by atoms with E-state index in [1.54, 1.807) is 0 Å². The molecule has 1 aromatic rings. The summed E-state index contributed by atoms with van der Waals surface area (Å²) in [5.41, 5.74) is 6.47. The summed E-state index contributed by atoms with van der Waals surface area (Å²) in [6.07, 6.45) is 0. The van der Waals surface area contributed by atoms with E-state index in [4.69, 9.17) is 5.73 Å². The topological polar surface area (TPSA) is 38.0 Å². The largest absolute Gasteiger partial charge is 0.319 e. The molecule has 3 N–H and O–H groups in total. The third-order valence-electron chi connectivity index (χ3n) is 2.32. The predicted molar refractivity (Wildman–Crippen MR) is 52.8 cm³/mol. The van der Waals surface area contributed by atoms with Gasteiger partial charge in [-0.05, 0) is 23.8 Å². The fraction of sp³-hybridized carbons (Fsp3) is 0.333. The van der Waals surface area contributed by atoms with Crippen molar-refractivity contribution in [3.63, 3.8) is 0 Å². The summed E-state index contributed by atoms with van der Waals surface area (Å²) in [5, 5.41) is 3.08. The Labute approximate surface area is 84.4 Å². The number of hydrogen-bond donors (Lipinski definition) is 2. The van der Waals surface area contributed by atoms with Gasteiger partial charge in [-0.2, -0.15) is 0 Å². The van der Waals surface area contributed by atoms with Crippen LogP contribution in [0.3, 0.4) is 0 Å². The van der Waals surface area contributed by atoms with Crippen LogP contribution in [0.2, 0.25) is 0 Å². The number of nitrogens with one attached hydrogen (secondary N) is 1. The van der Waals surface area contributed by atoms with Crippen LogP contribution in [0.5, 0.6) is 0 Å². The van der Waals surface area contributed by atoms with E-state index in [0.717, 1.165) is 10.0 Å². The van der Waals surface area contributed by atoms with Gasteiger partial charge in [0, 0.05) is 17.6 Å². The van der Waals surface area contributed by atoms with Crippen molar-refractivity contribution in [1.29, 1.82) is 0 Å². The van der Waals surface area contributed by atoms with Crippen molar-refractivity contribution in [2.45, 2.75) is 5.54 Å². The molecule has 1 aliphatic rings. The lowest BCUT2D eigenvalue weighted by Gasteiger charge is -2.39. The lowest BCUT2D eigenvalue weighted by atomic mass is 9.85. The molecule has 13 heavy (non-hydrogen) atoms. The van der Waals surface area contributed by atoms with E-state index in [-0.39, 0.29) is 11.4 Å². The van der Waals surface area contributed by atoms with Gasteiger partial charge in [0.15, 0.2) is 0 Å². The summed E-state index contributed by atoms with van der Waals surface area (Å²) >= 11 is 3.24. The first-order valence-corrected chi connectivity index (χ1v) is 4.86. The normalized spacial score (nSPS) is 19.6. The second-order valence-corrected chi connectivity index (χ2v) is 4.33. The molecular formula is C9H10BrFN2. The van der Waals surface area contributed by atoms with Gasteiger partial charge < -0.3 is 11.1 Å². The van der Waals surface area contributed by atoms with Crippen LogP contribution in [0.15, 0.2) is 22.7 Å². The van der Waals surface area contributed by atoms with E-state index in [1.807, 2.05) is 6.07 Å². The number of benzene rings is 1. The molecule has 0 saturated carbocycles. The van der Waals surface area contributed by atoms with Gasteiger partial charge in [0.2, 0.25) is 0 Å². The summed E-state index contributed by atoms with van der Waals surface area (Å²) in [6, 6.07) is 4.79. The van der Waals surface area contributed by atoms with E-state index in [1.165, 1.54) is 12.1 Å². The van der Waals surface area contributed by atoms with Crippen molar-refractivity contribution in [2.75, 3.05) is 13.1 Å². The standard InChI is InChI=1S/C9H10BrFN2/c10-7-1-6(2-8(11)3-7)9(12)4-13-5-9/h1-3,13H,4-5,12H2. The van der Waals surface area contributed by atoms with Gasteiger partial charge in [0.05, 0.1) is 5.54 Å². The predicted octanol–water partition coefficient (Wildman–Crippen LogP) is 1.35. The van der Waals surface area contributed by atoms with Crippen LogP contribution in [0.25, 0.3) is 0 Å². The fourth-order valence-corrected chi connectivity index (χ4v) is 1.91. The Kier molecular flexibility index (Phi) is 2.14. The van der Waals surface area contributed by atoms with Crippen LogP contribution in [0.1, 0.15) is 5.56 Å². The Morgan fingerprint density at radius 3 is 2.54 bits per heavy atom. The quantitative estimate of drug-likeness (QED) is 0.783. The molecule has 1 saturated heterocycles. The first-order chi connectivity index (χ1) is 6.10. The lowest BCUT2D eigenvalue weighted by Crippen LogP contribution is -2.62. The number of nitrogens with two attached hydrogens (primary N) is 1. The summed E-state index contributed by atoms with van der Waals surface area (Å²) in [4.78, 5) is 0. The molecule has 1 aromatic carbocycles. The van der Waals surface area contributed by atoms with Crippen LogP contribution in [0, 0.1) is 5.82 Å². The van der Waals surface area contributed by atoms with E-state index in [2.05, 4.69) is 21.2 Å². The Morgan fingerprint density at radius 2 is 2.08 bits per heavy atom. The monoisotopic (exact) mass is 244 g/mol. The molecule has 0 spiro atoms. The summed E-state index contributed by atoms with van der Waals surface area (Å²) < 4.78 is 13.7. The Morgan fingerprint density at radius 1 is 1.38 bits per heavy atom. The highest BCUT2D eigenvalue weighted by atomic mass is 79.9.